The summed E-state index contributed by atoms with van der Waals surface area (Å²) >= 11 is 3.40. The molecule has 1 aliphatic rings. The molecule has 4 heteroatoms. The fourth-order valence-corrected chi connectivity index (χ4v) is 2.88. The molecule has 0 bridgehead atoms. The number of carbonyl (C=O) groups is 1. The fourth-order valence-electron chi connectivity index (χ4n) is 2.36. The SMILES string of the molecule is Cn1cc(Br)cc1C(=O)N1CCCC1(C)C. The van der Waals surface area contributed by atoms with Crippen LogP contribution in [0.15, 0.2) is 16.7 Å². The van der Waals surface area contributed by atoms with E-state index in [1.807, 2.05) is 28.8 Å². The first-order valence-corrected chi connectivity index (χ1v) is 6.35. The first-order valence-electron chi connectivity index (χ1n) is 5.56. The molecule has 2 rings (SSSR count). The van der Waals surface area contributed by atoms with E-state index < -0.39 is 0 Å². The zero-order chi connectivity index (χ0) is 11.9. The van der Waals surface area contributed by atoms with Crippen molar-refractivity contribution in [3.63, 3.8) is 0 Å². The zero-order valence-corrected chi connectivity index (χ0v) is 11.5. The number of likely N-dealkylation sites (tertiary alicyclic amines) is 1. The van der Waals surface area contributed by atoms with Crippen LogP contribution in [0, 0.1) is 0 Å². The summed E-state index contributed by atoms with van der Waals surface area (Å²) in [7, 11) is 1.90. The van der Waals surface area contributed by atoms with Gasteiger partial charge in [0.05, 0.1) is 0 Å². The molecule has 0 N–H and O–H groups in total. The molecule has 16 heavy (non-hydrogen) atoms. The lowest BCUT2D eigenvalue weighted by Gasteiger charge is -2.31. The predicted molar refractivity (Wildman–Crippen MR) is 67.5 cm³/mol. The van der Waals surface area contributed by atoms with Gasteiger partial charge in [0, 0.05) is 29.8 Å². The quantitative estimate of drug-likeness (QED) is 0.779. The van der Waals surface area contributed by atoms with Crippen molar-refractivity contribution in [2.75, 3.05) is 6.54 Å². The molecule has 0 aliphatic carbocycles. The molecule has 1 saturated heterocycles. The van der Waals surface area contributed by atoms with Crippen molar-refractivity contribution in [2.45, 2.75) is 32.2 Å². The number of hydrogen-bond donors (Lipinski definition) is 0. The van der Waals surface area contributed by atoms with Crippen LogP contribution in [0.25, 0.3) is 0 Å². The molecule has 1 fully saturated rings. The molecule has 88 valence electrons. The molecule has 0 atom stereocenters. The van der Waals surface area contributed by atoms with Gasteiger partial charge in [-0.3, -0.25) is 4.79 Å². The summed E-state index contributed by atoms with van der Waals surface area (Å²) in [5.41, 5.74) is 0.746. The lowest BCUT2D eigenvalue weighted by molar-refractivity contribution is 0.0642. The first-order chi connectivity index (χ1) is 7.42. The second-order valence-corrected chi connectivity index (χ2v) is 5.94. The number of amides is 1. The summed E-state index contributed by atoms with van der Waals surface area (Å²) in [6.07, 6.45) is 4.10. The van der Waals surface area contributed by atoms with Crippen LogP contribution in [0.1, 0.15) is 37.2 Å². The highest BCUT2D eigenvalue weighted by molar-refractivity contribution is 9.10. The van der Waals surface area contributed by atoms with Crippen molar-refractivity contribution in [1.82, 2.24) is 9.47 Å². The van der Waals surface area contributed by atoms with Gasteiger partial charge < -0.3 is 9.47 Å². The van der Waals surface area contributed by atoms with Crippen molar-refractivity contribution in [3.05, 3.63) is 22.4 Å². The van der Waals surface area contributed by atoms with Crippen LogP contribution < -0.4 is 0 Å². The Labute approximate surface area is 105 Å². The zero-order valence-electron chi connectivity index (χ0n) is 9.96. The Morgan fingerprint density at radius 2 is 2.19 bits per heavy atom. The van der Waals surface area contributed by atoms with E-state index >= 15 is 0 Å². The molecule has 2 heterocycles. The maximum atomic E-state index is 12.4. The Morgan fingerprint density at radius 1 is 1.50 bits per heavy atom. The number of nitrogens with zero attached hydrogens (tertiary/aromatic N) is 2. The van der Waals surface area contributed by atoms with E-state index in [-0.39, 0.29) is 11.4 Å². The summed E-state index contributed by atoms with van der Waals surface area (Å²) in [6.45, 7) is 5.14. The van der Waals surface area contributed by atoms with Gasteiger partial charge in [-0.05, 0) is 48.7 Å². The normalized spacial score (nSPS) is 19.1. The number of rotatable bonds is 1. The summed E-state index contributed by atoms with van der Waals surface area (Å²) in [5, 5.41) is 0. The summed E-state index contributed by atoms with van der Waals surface area (Å²) in [5.74, 6) is 0.135. The number of hydrogen-bond acceptors (Lipinski definition) is 1. The molecule has 1 amide bonds. The summed E-state index contributed by atoms with van der Waals surface area (Å²) < 4.78 is 2.83. The van der Waals surface area contributed by atoms with Crippen molar-refractivity contribution < 1.29 is 4.79 Å². The Morgan fingerprint density at radius 3 is 2.62 bits per heavy atom. The maximum Gasteiger partial charge on any atom is 0.270 e. The van der Waals surface area contributed by atoms with Gasteiger partial charge in [-0.2, -0.15) is 0 Å². The minimum absolute atomic E-state index is 0.00612. The molecular formula is C12H17BrN2O. The maximum absolute atomic E-state index is 12.4. The van der Waals surface area contributed by atoms with Crippen molar-refractivity contribution in [1.29, 1.82) is 0 Å². The van der Waals surface area contributed by atoms with Gasteiger partial charge in [0.2, 0.25) is 0 Å². The minimum Gasteiger partial charge on any atom is -0.345 e. The highest BCUT2D eigenvalue weighted by Crippen LogP contribution is 2.30. The summed E-state index contributed by atoms with van der Waals surface area (Å²) in [4.78, 5) is 14.4. The van der Waals surface area contributed by atoms with Crippen LogP contribution in [-0.4, -0.2) is 27.5 Å². The number of halogens is 1. The van der Waals surface area contributed by atoms with Crippen LogP contribution in [0.2, 0.25) is 0 Å². The van der Waals surface area contributed by atoms with Crippen LogP contribution in [0.5, 0.6) is 0 Å². The second kappa shape index (κ2) is 3.91. The van der Waals surface area contributed by atoms with E-state index in [4.69, 9.17) is 0 Å². The van der Waals surface area contributed by atoms with E-state index in [1.165, 1.54) is 0 Å². The molecule has 1 aromatic heterocycles. The minimum atomic E-state index is -0.00612. The first kappa shape index (κ1) is 11.7. The van der Waals surface area contributed by atoms with Gasteiger partial charge in [0.1, 0.15) is 5.69 Å². The molecule has 1 aliphatic heterocycles. The van der Waals surface area contributed by atoms with Crippen molar-refractivity contribution in [2.24, 2.45) is 7.05 Å². The standard InChI is InChI=1S/C12H17BrN2O/c1-12(2)5-4-6-15(12)11(16)10-7-9(13)8-14(10)3/h7-8H,4-6H2,1-3H3. The molecule has 0 radical (unpaired) electrons. The van der Waals surface area contributed by atoms with E-state index in [2.05, 4.69) is 29.8 Å². The third-order valence-electron chi connectivity index (χ3n) is 3.34. The Bertz CT molecular complexity index is 423. The van der Waals surface area contributed by atoms with E-state index in [0.29, 0.717) is 0 Å². The Balaban J connectivity index is 2.29. The second-order valence-electron chi connectivity index (χ2n) is 5.03. The molecule has 1 aromatic rings. The average Bonchev–Trinajstić information content (AvgIpc) is 2.68. The lowest BCUT2D eigenvalue weighted by atomic mass is 10.0. The summed E-state index contributed by atoms with van der Waals surface area (Å²) in [6, 6.07) is 1.89. The van der Waals surface area contributed by atoms with Gasteiger partial charge in [-0.1, -0.05) is 0 Å². The van der Waals surface area contributed by atoms with Gasteiger partial charge in [0.15, 0.2) is 0 Å². The monoisotopic (exact) mass is 284 g/mol. The smallest absolute Gasteiger partial charge is 0.270 e. The molecule has 0 unspecified atom stereocenters. The van der Waals surface area contributed by atoms with Crippen LogP contribution >= 0.6 is 15.9 Å². The van der Waals surface area contributed by atoms with Gasteiger partial charge in [-0.25, -0.2) is 0 Å². The van der Waals surface area contributed by atoms with E-state index in [0.717, 1.165) is 29.6 Å². The predicted octanol–water partition coefficient (Wildman–Crippen LogP) is 2.80. The average molecular weight is 285 g/mol. The van der Waals surface area contributed by atoms with Gasteiger partial charge >= 0.3 is 0 Å². The fraction of sp³-hybridized carbons (Fsp3) is 0.583. The Hall–Kier alpha value is -0.770. The molecule has 0 aromatic carbocycles. The molecule has 0 spiro atoms. The van der Waals surface area contributed by atoms with Gasteiger partial charge in [0.25, 0.3) is 5.91 Å². The van der Waals surface area contributed by atoms with Crippen LogP contribution in [-0.2, 0) is 7.05 Å². The molecular weight excluding hydrogens is 268 g/mol. The van der Waals surface area contributed by atoms with Crippen LogP contribution in [0.4, 0.5) is 0 Å². The number of aromatic nitrogens is 1. The third-order valence-corrected chi connectivity index (χ3v) is 3.77. The van der Waals surface area contributed by atoms with E-state index in [9.17, 15) is 4.79 Å². The van der Waals surface area contributed by atoms with E-state index in [1.54, 1.807) is 0 Å². The van der Waals surface area contributed by atoms with Gasteiger partial charge in [-0.15, -0.1) is 0 Å². The topological polar surface area (TPSA) is 25.2 Å². The molecule has 3 nitrogen and oxygen atoms in total. The largest absolute Gasteiger partial charge is 0.345 e. The molecule has 0 saturated carbocycles. The third kappa shape index (κ3) is 1.90. The van der Waals surface area contributed by atoms with Crippen molar-refractivity contribution in [3.8, 4) is 0 Å². The van der Waals surface area contributed by atoms with Crippen molar-refractivity contribution >= 4 is 21.8 Å². The lowest BCUT2D eigenvalue weighted by Crippen LogP contribution is -2.43. The highest BCUT2D eigenvalue weighted by atomic mass is 79.9. The number of carbonyl (C=O) groups excluding carboxylic acids is 1. The van der Waals surface area contributed by atoms with Crippen LogP contribution in [0.3, 0.4) is 0 Å². The highest BCUT2D eigenvalue weighted by Gasteiger charge is 2.36. The Kier molecular flexibility index (Phi) is 2.86. The number of aryl methyl sites for hydroxylation is 1.